The maximum absolute atomic E-state index is 12.6. The summed E-state index contributed by atoms with van der Waals surface area (Å²) in [6.07, 6.45) is 3.29. The van der Waals surface area contributed by atoms with Gasteiger partial charge in [0.2, 0.25) is 15.9 Å². The van der Waals surface area contributed by atoms with Gasteiger partial charge in [-0.25, -0.2) is 8.42 Å². The minimum Gasteiger partial charge on any atom is -0.338 e. The number of benzene rings is 2. The van der Waals surface area contributed by atoms with E-state index in [4.69, 9.17) is 4.52 Å². The first-order valence-corrected chi connectivity index (χ1v) is 10.4. The van der Waals surface area contributed by atoms with Crippen molar-refractivity contribution in [3.8, 4) is 11.1 Å². The maximum atomic E-state index is 12.6. The van der Waals surface area contributed by atoms with Crippen molar-refractivity contribution in [1.29, 1.82) is 0 Å². The number of anilines is 1. The van der Waals surface area contributed by atoms with E-state index in [-0.39, 0.29) is 10.8 Å². The Morgan fingerprint density at radius 3 is 2.36 bits per heavy atom. The number of aromatic nitrogens is 1. The van der Waals surface area contributed by atoms with Gasteiger partial charge in [-0.1, -0.05) is 35.5 Å². The van der Waals surface area contributed by atoms with Crippen molar-refractivity contribution in [2.24, 2.45) is 0 Å². The maximum Gasteiger partial charge on any atom is 0.258 e. The molecule has 8 heteroatoms. The molecule has 0 radical (unpaired) electrons. The molecule has 1 saturated heterocycles. The van der Waals surface area contributed by atoms with Gasteiger partial charge in [0, 0.05) is 18.7 Å². The fraction of sp³-hybridized carbons (Fsp3) is 0.200. The molecule has 0 unspecified atom stereocenters. The summed E-state index contributed by atoms with van der Waals surface area (Å²) in [7, 11) is -3.50. The summed E-state index contributed by atoms with van der Waals surface area (Å²) in [6, 6.07) is 15.4. The molecular formula is C20H19N3O4S. The van der Waals surface area contributed by atoms with Gasteiger partial charge in [0.1, 0.15) is 0 Å². The highest BCUT2D eigenvalue weighted by Gasteiger charge is 2.27. The van der Waals surface area contributed by atoms with Crippen molar-refractivity contribution < 1.29 is 17.7 Å². The average molecular weight is 397 g/mol. The molecule has 0 saturated carbocycles. The second kappa shape index (κ2) is 7.57. The van der Waals surface area contributed by atoms with E-state index in [0.29, 0.717) is 24.2 Å². The second-order valence-corrected chi connectivity index (χ2v) is 8.46. The van der Waals surface area contributed by atoms with E-state index in [9.17, 15) is 13.2 Å². The van der Waals surface area contributed by atoms with Crippen LogP contribution in [-0.4, -0.2) is 36.9 Å². The number of sulfonamides is 1. The fourth-order valence-corrected chi connectivity index (χ4v) is 4.70. The number of rotatable bonds is 5. The van der Waals surface area contributed by atoms with Crippen LogP contribution in [0.25, 0.3) is 11.1 Å². The third kappa shape index (κ3) is 3.56. The third-order valence-electron chi connectivity index (χ3n) is 4.70. The molecule has 1 fully saturated rings. The van der Waals surface area contributed by atoms with Gasteiger partial charge in [0.05, 0.1) is 16.7 Å². The number of carbonyl (C=O) groups is 1. The SMILES string of the molecule is O=C(Nc1oncc1-c1ccccc1)c1ccc(S(=O)(=O)N2CCCC2)cc1. The molecule has 0 bridgehead atoms. The van der Waals surface area contributed by atoms with Crippen LogP contribution >= 0.6 is 0 Å². The van der Waals surface area contributed by atoms with Crippen LogP contribution in [0.2, 0.25) is 0 Å². The molecule has 144 valence electrons. The van der Waals surface area contributed by atoms with Crippen molar-refractivity contribution in [1.82, 2.24) is 9.46 Å². The highest BCUT2D eigenvalue weighted by atomic mass is 32.2. The van der Waals surface area contributed by atoms with E-state index in [1.54, 1.807) is 0 Å². The third-order valence-corrected chi connectivity index (χ3v) is 6.61. The highest BCUT2D eigenvalue weighted by Crippen LogP contribution is 2.28. The first kappa shape index (κ1) is 18.4. The molecule has 28 heavy (non-hydrogen) atoms. The Hall–Kier alpha value is -2.97. The molecule has 4 rings (SSSR count). The largest absolute Gasteiger partial charge is 0.338 e. The van der Waals surface area contributed by atoms with Gasteiger partial charge < -0.3 is 4.52 Å². The average Bonchev–Trinajstić information content (AvgIpc) is 3.41. The Labute approximate surface area is 163 Å². The van der Waals surface area contributed by atoms with E-state index in [1.165, 1.54) is 34.8 Å². The van der Waals surface area contributed by atoms with Crippen LogP contribution in [0.3, 0.4) is 0 Å². The first-order valence-electron chi connectivity index (χ1n) is 8.97. The summed E-state index contributed by atoms with van der Waals surface area (Å²) in [5.41, 5.74) is 1.86. The van der Waals surface area contributed by atoms with Gasteiger partial charge in [0.25, 0.3) is 5.91 Å². The summed E-state index contributed by atoms with van der Waals surface area (Å²) in [5.74, 6) is -0.163. The Kier molecular flexibility index (Phi) is 4.97. The topological polar surface area (TPSA) is 92.5 Å². The number of carbonyl (C=O) groups excluding carboxylic acids is 1. The van der Waals surface area contributed by atoms with Crippen molar-refractivity contribution >= 4 is 21.8 Å². The molecule has 2 heterocycles. The molecule has 0 atom stereocenters. The summed E-state index contributed by atoms with van der Waals surface area (Å²) < 4.78 is 31.8. The van der Waals surface area contributed by atoms with Crippen LogP contribution in [0.5, 0.6) is 0 Å². The van der Waals surface area contributed by atoms with Gasteiger partial charge in [-0.05, 0) is 42.7 Å². The molecule has 1 amide bonds. The zero-order valence-electron chi connectivity index (χ0n) is 15.0. The molecule has 1 aliphatic rings. The molecule has 1 N–H and O–H groups in total. The monoisotopic (exact) mass is 397 g/mol. The number of hydrogen-bond acceptors (Lipinski definition) is 5. The lowest BCUT2D eigenvalue weighted by Crippen LogP contribution is -2.27. The van der Waals surface area contributed by atoms with Crippen LogP contribution in [0.4, 0.5) is 5.88 Å². The van der Waals surface area contributed by atoms with Crippen LogP contribution < -0.4 is 5.32 Å². The van der Waals surface area contributed by atoms with Gasteiger partial charge >= 0.3 is 0 Å². The zero-order valence-corrected chi connectivity index (χ0v) is 15.9. The van der Waals surface area contributed by atoms with E-state index in [0.717, 1.165) is 18.4 Å². The van der Waals surface area contributed by atoms with Gasteiger partial charge in [-0.3, -0.25) is 10.1 Å². The molecule has 0 aliphatic carbocycles. The summed E-state index contributed by atoms with van der Waals surface area (Å²) in [5, 5.41) is 6.45. The summed E-state index contributed by atoms with van der Waals surface area (Å²) in [4.78, 5) is 12.7. The quantitative estimate of drug-likeness (QED) is 0.712. The number of amides is 1. The van der Waals surface area contributed by atoms with E-state index >= 15 is 0 Å². The minimum absolute atomic E-state index is 0.190. The Morgan fingerprint density at radius 2 is 1.68 bits per heavy atom. The van der Waals surface area contributed by atoms with Gasteiger partial charge in [-0.15, -0.1) is 0 Å². The second-order valence-electron chi connectivity index (χ2n) is 6.52. The molecule has 3 aromatic rings. The predicted octanol–water partition coefficient (Wildman–Crippen LogP) is 3.38. The molecule has 0 spiro atoms. The van der Waals surface area contributed by atoms with Crippen LogP contribution in [0, 0.1) is 0 Å². The standard InChI is InChI=1S/C20H19N3O4S/c24-19(22-20-18(14-21-27-20)15-6-2-1-3-7-15)16-8-10-17(11-9-16)28(25,26)23-12-4-5-13-23/h1-3,6-11,14H,4-5,12-13H2,(H,22,24). The Balaban J connectivity index is 1.52. The van der Waals surface area contributed by atoms with E-state index in [1.807, 2.05) is 30.3 Å². The van der Waals surface area contributed by atoms with Crippen molar-refractivity contribution in [3.05, 3.63) is 66.4 Å². The van der Waals surface area contributed by atoms with Crippen LogP contribution in [0.1, 0.15) is 23.2 Å². The van der Waals surface area contributed by atoms with Gasteiger partial charge in [0.15, 0.2) is 0 Å². The molecule has 2 aromatic carbocycles. The van der Waals surface area contributed by atoms with Crippen molar-refractivity contribution in [2.45, 2.75) is 17.7 Å². The number of hydrogen-bond donors (Lipinski definition) is 1. The highest BCUT2D eigenvalue weighted by molar-refractivity contribution is 7.89. The van der Waals surface area contributed by atoms with Crippen molar-refractivity contribution in [2.75, 3.05) is 18.4 Å². The normalized spacial score (nSPS) is 14.9. The zero-order chi connectivity index (χ0) is 19.6. The number of nitrogens with one attached hydrogen (secondary N) is 1. The predicted molar refractivity (Wildman–Crippen MR) is 104 cm³/mol. The first-order chi connectivity index (χ1) is 13.6. The molecule has 1 aromatic heterocycles. The molecular weight excluding hydrogens is 378 g/mol. The van der Waals surface area contributed by atoms with Crippen LogP contribution in [-0.2, 0) is 10.0 Å². The molecule has 1 aliphatic heterocycles. The van der Waals surface area contributed by atoms with Crippen LogP contribution in [0.15, 0.2) is 70.2 Å². The van der Waals surface area contributed by atoms with Crippen molar-refractivity contribution in [3.63, 3.8) is 0 Å². The summed E-state index contributed by atoms with van der Waals surface area (Å²) >= 11 is 0. The fourth-order valence-electron chi connectivity index (χ4n) is 3.18. The summed E-state index contributed by atoms with van der Waals surface area (Å²) in [6.45, 7) is 1.08. The lowest BCUT2D eigenvalue weighted by atomic mass is 10.1. The van der Waals surface area contributed by atoms with E-state index < -0.39 is 15.9 Å². The lowest BCUT2D eigenvalue weighted by Gasteiger charge is -2.15. The van der Waals surface area contributed by atoms with E-state index in [2.05, 4.69) is 10.5 Å². The molecule has 7 nitrogen and oxygen atoms in total. The lowest BCUT2D eigenvalue weighted by molar-refractivity contribution is 0.102. The number of nitrogens with zero attached hydrogens (tertiary/aromatic N) is 2. The Bertz CT molecular complexity index is 1070. The van der Waals surface area contributed by atoms with Gasteiger partial charge in [-0.2, -0.15) is 4.31 Å². The Morgan fingerprint density at radius 1 is 1.00 bits per heavy atom. The smallest absolute Gasteiger partial charge is 0.258 e. The minimum atomic E-state index is -3.50.